The van der Waals surface area contributed by atoms with Gasteiger partial charge in [-0.2, -0.15) is 0 Å². The number of nitrogens with zero attached hydrogens (tertiary/aromatic N) is 3. The highest BCUT2D eigenvalue weighted by Gasteiger charge is 2.20. The molecule has 6 aromatic rings. The number of aryl methyl sites for hydroxylation is 1. The smallest absolute Gasteiger partial charge is 0.0720 e. The van der Waals surface area contributed by atoms with Crippen molar-refractivity contribution < 1.29 is 0 Å². The van der Waals surface area contributed by atoms with Crippen LogP contribution in [-0.4, -0.2) is 14.1 Å². The Bertz CT molecular complexity index is 2180. The monoisotopic (exact) mass is 610 g/mol. The molecule has 3 aromatic carbocycles. The van der Waals surface area contributed by atoms with E-state index in [-0.39, 0.29) is 0 Å². The lowest BCUT2D eigenvalue weighted by Gasteiger charge is -2.16. The van der Waals surface area contributed by atoms with Crippen molar-refractivity contribution in [3.63, 3.8) is 0 Å². The Balaban J connectivity index is 1.10. The Morgan fingerprint density at radius 3 is 1.96 bits per heavy atom. The highest BCUT2D eigenvalue weighted by atomic mass is 15.0. The first-order valence-electron chi connectivity index (χ1n) is 16.0. The third-order valence-corrected chi connectivity index (χ3v) is 9.11. The van der Waals surface area contributed by atoms with E-state index in [2.05, 4.69) is 144 Å². The van der Waals surface area contributed by atoms with E-state index in [1.165, 1.54) is 55.7 Å². The summed E-state index contributed by atoms with van der Waals surface area (Å²) in [7, 11) is 0. The van der Waals surface area contributed by atoms with Gasteiger partial charge in [-0.1, -0.05) is 86.0 Å². The van der Waals surface area contributed by atoms with E-state index in [1.54, 1.807) is 0 Å². The van der Waals surface area contributed by atoms with Gasteiger partial charge in [0.25, 0.3) is 0 Å². The van der Waals surface area contributed by atoms with Crippen LogP contribution in [0.25, 0.3) is 51.6 Å². The van der Waals surface area contributed by atoms with Gasteiger partial charge >= 0.3 is 0 Å². The minimum absolute atomic E-state index is 0.801. The normalized spacial score (nSPS) is 12.6. The standard InChI is InChI=1S/C43H38N4/c1-5-7-9-40-30(3)38-23-25-44-28-42(38)46(40)36-19-13-33(14-20-36)27-32-11-15-34(16-12-32)35-17-21-37(22-18-35)47-41(10-8-6-2)31(4)39-24-26-45-29-43(39)47/h5-26,28,45H,1-2,27,29H2,3-4H3/b9-7-,10-8-. The topological polar surface area (TPSA) is 34.8 Å². The number of pyridine rings is 1. The van der Waals surface area contributed by atoms with Gasteiger partial charge in [0.2, 0.25) is 0 Å². The Labute approximate surface area is 277 Å². The lowest BCUT2D eigenvalue weighted by molar-refractivity contribution is 0.793. The average molecular weight is 611 g/mol. The number of hydrogen-bond donors (Lipinski definition) is 1. The van der Waals surface area contributed by atoms with Crippen LogP contribution in [0.3, 0.4) is 0 Å². The molecule has 7 rings (SSSR count). The molecule has 0 saturated heterocycles. The SMILES string of the molecule is C=C/C=C\c1c(C)c2c(n1-c1ccc(-c3ccc(Cc4ccc(-n5c(/C=C\C=C)c(C)c6ccncc65)cc4)cc3)cc1)CNC=C2. The Hall–Kier alpha value is -5.87. The highest BCUT2D eigenvalue weighted by molar-refractivity contribution is 5.89. The molecule has 0 fully saturated rings. The van der Waals surface area contributed by atoms with Gasteiger partial charge in [-0.15, -0.1) is 0 Å². The van der Waals surface area contributed by atoms with Crippen molar-refractivity contribution in [2.45, 2.75) is 26.8 Å². The molecular formula is C43H38N4. The predicted molar refractivity (Wildman–Crippen MR) is 199 cm³/mol. The van der Waals surface area contributed by atoms with E-state index in [1.807, 2.05) is 42.9 Å². The summed E-state index contributed by atoms with van der Waals surface area (Å²) in [6.45, 7) is 12.9. The highest BCUT2D eigenvalue weighted by Crippen LogP contribution is 2.32. The molecule has 0 bridgehead atoms. The molecule has 0 aliphatic carbocycles. The van der Waals surface area contributed by atoms with Gasteiger partial charge in [0.1, 0.15) is 0 Å². The Morgan fingerprint density at radius 1 is 0.723 bits per heavy atom. The molecule has 0 unspecified atom stereocenters. The van der Waals surface area contributed by atoms with E-state index >= 15 is 0 Å². The van der Waals surface area contributed by atoms with E-state index in [4.69, 9.17) is 0 Å². The molecule has 3 aromatic heterocycles. The molecular weight excluding hydrogens is 573 g/mol. The first-order valence-corrected chi connectivity index (χ1v) is 16.0. The fourth-order valence-corrected chi connectivity index (χ4v) is 6.71. The Morgan fingerprint density at radius 2 is 1.30 bits per heavy atom. The van der Waals surface area contributed by atoms with E-state index in [9.17, 15) is 0 Å². The van der Waals surface area contributed by atoms with Gasteiger partial charge < -0.3 is 14.5 Å². The van der Waals surface area contributed by atoms with Crippen molar-refractivity contribution in [1.82, 2.24) is 19.4 Å². The van der Waals surface area contributed by atoms with Crippen LogP contribution in [0.5, 0.6) is 0 Å². The molecule has 0 spiro atoms. The van der Waals surface area contributed by atoms with Crippen LogP contribution in [0.4, 0.5) is 0 Å². The molecule has 4 heteroatoms. The second-order valence-electron chi connectivity index (χ2n) is 11.9. The van der Waals surface area contributed by atoms with Crippen LogP contribution < -0.4 is 5.32 Å². The third kappa shape index (κ3) is 5.59. The van der Waals surface area contributed by atoms with Crippen molar-refractivity contribution in [1.29, 1.82) is 0 Å². The summed E-state index contributed by atoms with van der Waals surface area (Å²) in [6.07, 6.45) is 20.8. The summed E-state index contributed by atoms with van der Waals surface area (Å²) in [6, 6.07) is 28.8. The molecule has 1 aliphatic heterocycles. The summed E-state index contributed by atoms with van der Waals surface area (Å²) in [5.41, 5.74) is 15.8. The molecule has 0 atom stereocenters. The minimum Gasteiger partial charge on any atom is -0.385 e. The predicted octanol–water partition coefficient (Wildman–Crippen LogP) is 10.2. The zero-order valence-corrected chi connectivity index (χ0v) is 26.9. The fraction of sp³-hybridized carbons (Fsp3) is 0.0930. The lowest BCUT2D eigenvalue weighted by Crippen LogP contribution is -2.14. The van der Waals surface area contributed by atoms with Gasteiger partial charge in [0, 0.05) is 45.6 Å². The molecule has 4 heterocycles. The summed E-state index contributed by atoms with van der Waals surface area (Å²) in [5.74, 6) is 0. The van der Waals surface area contributed by atoms with Crippen molar-refractivity contribution in [3.05, 3.63) is 180 Å². The van der Waals surface area contributed by atoms with Crippen molar-refractivity contribution >= 4 is 29.1 Å². The maximum Gasteiger partial charge on any atom is 0.0720 e. The van der Waals surface area contributed by atoms with E-state index in [0.29, 0.717) is 0 Å². The largest absolute Gasteiger partial charge is 0.385 e. The zero-order chi connectivity index (χ0) is 32.3. The zero-order valence-electron chi connectivity index (χ0n) is 26.9. The van der Waals surface area contributed by atoms with Gasteiger partial charge in [-0.25, -0.2) is 0 Å². The van der Waals surface area contributed by atoms with Gasteiger partial charge in [-0.3, -0.25) is 4.98 Å². The van der Waals surface area contributed by atoms with Crippen LogP contribution in [-0.2, 0) is 13.0 Å². The molecule has 47 heavy (non-hydrogen) atoms. The molecule has 4 nitrogen and oxygen atoms in total. The second kappa shape index (κ2) is 12.9. The van der Waals surface area contributed by atoms with E-state index in [0.717, 1.165) is 35.6 Å². The third-order valence-electron chi connectivity index (χ3n) is 9.11. The number of aromatic nitrogens is 3. The first kappa shape index (κ1) is 29.8. The molecule has 1 aliphatic rings. The average Bonchev–Trinajstić information content (AvgIpc) is 3.56. The maximum absolute atomic E-state index is 4.41. The van der Waals surface area contributed by atoms with Crippen LogP contribution in [0, 0.1) is 13.8 Å². The van der Waals surface area contributed by atoms with Crippen LogP contribution in [0.15, 0.2) is 135 Å². The summed E-state index contributed by atoms with van der Waals surface area (Å²) < 4.78 is 4.63. The number of benzene rings is 3. The number of nitrogens with one attached hydrogen (secondary N) is 1. The maximum atomic E-state index is 4.41. The molecule has 1 N–H and O–H groups in total. The van der Waals surface area contributed by atoms with Crippen LogP contribution in [0.1, 0.15) is 44.9 Å². The number of allylic oxidation sites excluding steroid dienone is 4. The number of rotatable bonds is 9. The number of hydrogen-bond acceptors (Lipinski definition) is 2. The molecule has 230 valence electrons. The minimum atomic E-state index is 0.801. The van der Waals surface area contributed by atoms with Gasteiger partial charge in [0.05, 0.1) is 18.3 Å². The molecule has 0 amide bonds. The second-order valence-corrected chi connectivity index (χ2v) is 11.9. The fourth-order valence-electron chi connectivity index (χ4n) is 6.71. The van der Waals surface area contributed by atoms with Gasteiger partial charge in [-0.05, 0) is 108 Å². The summed E-state index contributed by atoms with van der Waals surface area (Å²) in [4.78, 5) is 4.41. The summed E-state index contributed by atoms with van der Waals surface area (Å²) in [5, 5.41) is 4.59. The van der Waals surface area contributed by atoms with Gasteiger partial charge in [0.15, 0.2) is 0 Å². The van der Waals surface area contributed by atoms with Crippen molar-refractivity contribution in [2.24, 2.45) is 0 Å². The molecule has 0 radical (unpaired) electrons. The molecule has 0 saturated carbocycles. The first-order chi connectivity index (χ1) is 23.1. The van der Waals surface area contributed by atoms with Crippen molar-refractivity contribution in [3.8, 4) is 22.5 Å². The summed E-state index contributed by atoms with van der Waals surface area (Å²) >= 11 is 0. The van der Waals surface area contributed by atoms with E-state index < -0.39 is 0 Å². The number of fused-ring (bicyclic) bond motifs is 2. The lowest BCUT2D eigenvalue weighted by atomic mass is 10.00. The van der Waals surface area contributed by atoms with Crippen LogP contribution in [0.2, 0.25) is 0 Å². The quantitative estimate of drug-likeness (QED) is 0.165. The van der Waals surface area contributed by atoms with Crippen molar-refractivity contribution in [2.75, 3.05) is 0 Å². The van der Waals surface area contributed by atoms with Crippen LogP contribution >= 0.6 is 0 Å². The Kier molecular flexibility index (Phi) is 8.16.